The molecule has 0 aromatic carbocycles. The van der Waals surface area contributed by atoms with Crippen LogP contribution in [-0.2, 0) is 19.1 Å². The molecule has 2 rings (SSSR count). The summed E-state index contributed by atoms with van der Waals surface area (Å²) in [5.74, 6) is -1.26. The first-order chi connectivity index (χ1) is 8.43. The number of carbonyl (C=O) groups excluding carboxylic acids is 3. The van der Waals surface area contributed by atoms with E-state index in [1.54, 1.807) is 13.8 Å². The molecule has 0 bridgehead atoms. The van der Waals surface area contributed by atoms with Gasteiger partial charge in [-0.05, 0) is 26.7 Å². The first kappa shape index (κ1) is 13.0. The van der Waals surface area contributed by atoms with E-state index in [0.29, 0.717) is 13.2 Å². The Morgan fingerprint density at radius 3 is 2.78 bits per heavy atom. The molecule has 1 atom stereocenters. The van der Waals surface area contributed by atoms with Crippen LogP contribution in [0, 0.1) is 5.92 Å². The highest BCUT2D eigenvalue weighted by Gasteiger charge is 2.45. The van der Waals surface area contributed by atoms with Crippen molar-refractivity contribution in [3.05, 3.63) is 0 Å². The Morgan fingerprint density at radius 1 is 1.44 bits per heavy atom. The highest BCUT2D eigenvalue weighted by atomic mass is 16.5. The summed E-state index contributed by atoms with van der Waals surface area (Å²) in [6.07, 6.45) is 1.59. The fourth-order valence-electron chi connectivity index (χ4n) is 2.29. The van der Waals surface area contributed by atoms with Crippen molar-refractivity contribution in [3.8, 4) is 0 Å². The number of hydrogen-bond acceptors (Lipinski definition) is 4. The van der Waals surface area contributed by atoms with E-state index in [4.69, 9.17) is 4.74 Å². The van der Waals surface area contributed by atoms with Gasteiger partial charge in [-0.1, -0.05) is 0 Å². The molecule has 2 fully saturated rings. The molecule has 0 saturated carbocycles. The van der Waals surface area contributed by atoms with Gasteiger partial charge in [0.1, 0.15) is 12.1 Å². The minimum atomic E-state index is -0.984. The number of rotatable bonds is 1. The maximum atomic E-state index is 12.4. The number of piperazine rings is 1. The number of nitrogens with zero attached hydrogens (tertiary/aromatic N) is 1. The van der Waals surface area contributed by atoms with Crippen LogP contribution in [0.4, 0.5) is 0 Å². The number of ether oxygens (including phenoxy) is 1. The van der Waals surface area contributed by atoms with Crippen molar-refractivity contribution >= 4 is 17.7 Å². The molecule has 1 N–H and O–H groups in total. The van der Waals surface area contributed by atoms with Crippen LogP contribution in [0.15, 0.2) is 0 Å². The highest BCUT2D eigenvalue weighted by Crippen LogP contribution is 2.24. The van der Waals surface area contributed by atoms with Gasteiger partial charge < -0.3 is 9.64 Å². The standard InChI is InChI=1S/C12H18N2O4/c1-12(2)11(17)13-9(15)6-14(12)10(16)8-4-3-5-18-7-8/h8H,3-7H2,1-2H3,(H,13,15,17). The summed E-state index contributed by atoms with van der Waals surface area (Å²) in [6.45, 7) is 4.29. The number of amides is 3. The normalized spacial score (nSPS) is 27.9. The zero-order valence-electron chi connectivity index (χ0n) is 10.7. The molecule has 2 heterocycles. The van der Waals surface area contributed by atoms with Gasteiger partial charge >= 0.3 is 0 Å². The number of imide groups is 1. The largest absolute Gasteiger partial charge is 0.381 e. The first-order valence-corrected chi connectivity index (χ1v) is 6.16. The molecule has 1 unspecified atom stereocenters. The van der Waals surface area contributed by atoms with Gasteiger partial charge in [0.05, 0.1) is 12.5 Å². The molecular formula is C12H18N2O4. The summed E-state index contributed by atoms with van der Waals surface area (Å²) < 4.78 is 5.28. The number of nitrogens with one attached hydrogen (secondary N) is 1. The Hall–Kier alpha value is -1.43. The third kappa shape index (κ3) is 2.25. The topological polar surface area (TPSA) is 75.7 Å². The SMILES string of the molecule is CC1(C)C(=O)NC(=O)CN1C(=O)C1CCCOC1. The van der Waals surface area contributed by atoms with Crippen LogP contribution < -0.4 is 5.32 Å². The number of hydrogen-bond donors (Lipinski definition) is 1. The molecule has 6 heteroatoms. The molecule has 2 aliphatic rings. The van der Waals surface area contributed by atoms with E-state index in [0.717, 1.165) is 12.8 Å². The molecule has 2 aliphatic heterocycles. The molecule has 18 heavy (non-hydrogen) atoms. The second-order valence-corrected chi connectivity index (χ2v) is 5.27. The average Bonchev–Trinajstić information content (AvgIpc) is 2.34. The Balaban J connectivity index is 2.16. The quantitative estimate of drug-likeness (QED) is 0.650. The lowest BCUT2D eigenvalue weighted by molar-refractivity contribution is -0.159. The van der Waals surface area contributed by atoms with Crippen molar-refractivity contribution in [1.29, 1.82) is 0 Å². The van der Waals surface area contributed by atoms with E-state index < -0.39 is 17.4 Å². The van der Waals surface area contributed by atoms with Crippen molar-refractivity contribution in [3.63, 3.8) is 0 Å². The maximum absolute atomic E-state index is 12.4. The first-order valence-electron chi connectivity index (χ1n) is 6.16. The van der Waals surface area contributed by atoms with Gasteiger partial charge in [-0.25, -0.2) is 0 Å². The van der Waals surface area contributed by atoms with Crippen molar-refractivity contribution in [2.75, 3.05) is 19.8 Å². The predicted molar refractivity (Wildman–Crippen MR) is 62.5 cm³/mol. The van der Waals surface area contributed by atoms with Gasteiger partial charge in [-0.15, -0.1) is 0 Å². The van der Waals surface area contributed by atoms with Crippen LogP contribution >= 0.6 is 0 Å². The van der Waals surface area contributed by atoms with E-state index >= 15 is 0 Å². The summed E-state index contributed by atoms with van der Waals surface area (Å²) in [5.41, 5.74) is -0.984. The minimum absolute atomic E-state index is 0.0614. The molecule has 0 spiro atoms. The monoisotopic (exact) mass is 254 g/mol. The van der Waals surface area contributed by atoms with Gasteiger partial charge in [-0.2, -0.15) is 0 Å². The molecule has 0 aromatic heterocycles. The maximum Gasteiger partial charge on any atom is 0.252 e. The predicted octanol–water partition coefficient (Wildman–Crippen LogP) is -0.323. The lowest BCUT2D eigenvalue weighted by Crippen LogP contribution is -2.66. The average molecular weight is 254 g/mol. The molecule has 100 valence electrons. The minimum Gasteiger partial charge on any atom is -0.381 e. The molecule has 6 nitrogen and oxygen atoms in total. The second kappa shape index (κ2) is 4.68. The van der Waals surface area contributed by atoms with E-state index in [-0.39, 0.29) is 18.4 Å². The summed E-state index contributed by atoms with van der Waals surface area (Å²) in [6, 6.07) is 0. The van der Waals surface area contributed by atoms with Crippen LogP contribution in [0.25, 0.3) is 0 Å². The third-order valence-electron chi connectivity index (χ3n) is 3.56. The molecular weight excluding hydrogens is 236 g/mol. The van der Waals surface area contributed by atoms with Gasteiger partial charge in [0.2, 0.25) is 11.8 Å². The molecule has 2 saturated heterocycles. The van der Waals surface area contributed by atoms with Crippen molar-refractivity contribution < 1.29 is 19.1 Å². The summed E-state index contributed by atoms with van der Waals surface area (Å²) in [7, 11) is 0. The molecule has 3 amide bonds. The highest BCUT2D eigenvalue weighted by molar-refractivity contribution is 6.06. The van der Waals surface area contributed by atoms with Crippen LogP contribution in [0.2, 0.25) is 0 Å². The Morgan fingerprint density at radius 2 is 2.17 bits per heavy atom. The Bertz CT molecular complexity index is 386. The summed E-state index contributed by atoms with van der Waals surface area (Å²) in [4.78, 5) is 36.9. The van der Waals surface area contributed by atoms with Crippen LogP contribution in [0.5, 0.6) is 0 Å². The zero-order valence-corrected chi connectivity index (χ0v) is 10.7. The van der Waals surface area contributed by atoms with Gasteiger partial charge in [0.25, 0.3) is 5.91 Å². The summed E-state index contributed by atoms with van der Waals surface area (Å²) in [5, 5.41) is 2.25. The Labute approximate surface area is 106 Å². The smallest absolute Gasteiger partial charge is 0.252 e. The van der Waals surface area contributed by atoms with E-state index in [9.17, 15) is 14.4 Å². The zero-order chi connectivity index (χ0) is 13.3. The Kier molecular flexibility index (Phi) is 3.38. The van der Waals surface area contributed by atoms with Gasteiger partial charge in [0, 0.05) is 6.61 Å². The molecule has 0 aliphatic carbocycles. The molecule has 0 aromatic rings. The van der Waals surface area contributed by atoms with Gasteiger partial charge in [0.15, 0.2) is 0 Å². The van der Waals surface area contributed by atoms with Crippen LogP contribution in [-0.4, -0.2) is 47.9 Å². The fraction of sp³-hybridized carbons (Fsp3) is 0.750. The summed E-state index contributed by atoms with van der Waals surface area (Å²) >= 11 is 0. The van der Waals surface area contributed by atoms with Crippen molar-refractivity contribution in [2.24, 2.45) is 5.92 Å². The fourth-order valence-corrected chi connectivity index (χ4v) is 2.29. The second-order valence-electron chi connectivity index (χ2n) is 5.27. The van der Waals surface area contributed by atoms with E-state index in [2.05, 4.69) is 5.32 Å². The van der Waals surface area contributed by atoms with Crippen molar-refractivity contribution in [2.45, 2.75) is 32.2 Å². The van der Waals surface area contributed by atoms with Crippen LogP contribution in [0.1, 0.15) is 26.7 Å². The lowest BCUT2D eigenvalue weighted by atomic mass is 9.93. The number of carbonyl (C=O) groups is 3. The third-order valence-corrected chi connectivity index (χ3v) is 3.56. The van der Waals surface area contributed by atoms with E-state index in [1.165, 1.54) is 4.90 Å². The van der Waals surface area contributed by atoms with Crippen LogP contribution in [0.3, 0.4) is 0 Å². The van der Waals surface area contributed by atoms with Crippen molar-refractivity contribution in [1.82, 2.24) is 10.2 Å². The van der Waals surface area contributed by atoms with E-state index in [1.807, 2.05) is 0 Å². The van der Waals surface area contributed by atoms with Gasteiger partial charge in [-0.3, -0.25) is 19.7 Å². The lowest BCUT2D eigenvalue weighted by Gasteiger charge is -2.42. The molecule has 0 radical (unpaired) electrons.